The number of carbonyl (C=O) groups is 2. The van der Waals surface area contributed by atoms with Crippen LogP contribution in [0.1, 0.15) is 32.8 Å². The molecule has 0 unspecified atom stereocenters. The van der Waals surface area contributed by atoms with Crippen LogP contribution < -0.4 is 14.8 Å². The highest BCUT2D eigenvalue weighted by Crippen LogP contribution is 2.28. The van der Waals surface area contributed by atoms with Crippen LogP contribution in [-0.2, 0) is 16.1 Å². The van der Waals surface area contributed by atoms with Crippen molar-refractivity contribution in [3.8, 4) is 11.5 Å². The number of halogens is 2. The van der Waals surface area contributed by atoms with Crippen molar-refractivity contribution < 1.29 is 19.1 Å². The van der Waals surface area contributed by atoms with Crippen molar-refractivity contribution in [1.29, 1.82) is 0 Å². The molecule has 0 aliphatic carbocycles. The van der Waals surface area contributed by atoms with Gasteiger partial charge in [0.25, 0.3) is 5.91 Å². The summed E-state index contributed by atoms with van der Waals surface area (Å²) in [5.41, 5.74) is 0.880. The summed E-state index contributed by atoms with van der Waals surface area (Å²) in [7, 11) is 1.60. The Kier molecular flexibility index (Phi) is 9.65. The van der Waals surface area contributed by atoms with E-state index in [0.29, 0.717) is 15.2 Å². The summed E-state index contributed by atoms with van der Waals surface area (Å²) in [4.78, 5) is 27.3. The van der Waals surface area contributed by atoms with E-state index in [1.54, 1.807) is 32.2 Å². The molecule has 168 valence electrons. The van der Waals surface area contributed by atoms with Crippen LogP contribution in [0, 0.1) is 0 Å². The van der Waals surface area contributed by atoms with E-state index >= 15 is 0 Å². The Morgan fingerprint density at radius 3 is 2.42 bits per heavy atom. The Labute approximate surface area is 197 Å². The molecule has 2 rings (SSSR count). The number of methoxy groups -OCH3 is 1. The average molecular weight is 512 g/mol. The molecule has 31 heavy (non-hydrogen) atoms. The van der Waals surface area contributed by atoms with Crippen LogP contribution in [0.5, 0.6) is 11.5 Å². The third-order valence-electron chi connectivity index (χ3n) is 4.93. The van der Waals surface area contributed by atoms with E-state index in [1.807, 2.05) is 38.1 Å². The topological polar surface area (TPSA) is 67.9 Å². The van der Waals surface area contributed by atoms with Gasteiger partial charge in [-0.2, -0.15) is 0 Å². The Morgan fingerprint density at radius 1 is 1.16 bits per heavy atom. The second kappa shape index (κ2) is 12.0. The van der Waals surface area contributed by atoms with Gasteiger partial charge in [-0.15, -0.1) is 0 Å². The Balaban J connectivity index is 2.17. The number of benzene rings is 2. The van der Waals surface area contributed by atoms with Gasteiger partial charge in [0.1, 0.15) is 17.5 Å². The molecule has 2 aromatic carbocycles. The van der Waals surface area contributed by atoms with Crippen LogP contribution in [0.15, 0.2) is 46.9 Å². The number of hydrogen-bond donors (Lipinski definition) is 1. The number of nitrogens with zero attached hydrogens (tertiary/aromatic N) is 1. The predicted molar refractivity (Wildman–Crippen MR) is 126 cm³/mol. The maximum absolute atomic E-state index is 13.1. The van der Waals surface area contributed by atoms with Crippen molar-refractivity contribution in [1.82, 2.24) is 10.2 Å². The van der Waals surface area contributed by atoms with Gasteiger partial charge in [-0.05, 0) is 72.1 Å². The van der Waals surface area contributed by atoms with Crippen LogP contribution >= 0.6 is 27.5 Å². The quantitative estimate of drug-likeness (QED) is 0.496. The largest absolute Gasteiger partial charge is 0.497 e. The second-order valence-corrected chi connectivity index (χ2v) is 8.52. The molecule has 0 saturated heterocycles. The number of hydrogen-bond acceptors (Lipinski definition) is 4. The lowest BCUT2D eigenvalue weighted by Crippen LogP contribution is -2.50. The van der Waals surface area contributed by atoms with Crippen LogP contribution in [-0.4, -0.2) is 42.5 Å². The first kappa shape index (κ1) is 25.0. The van der Waals surface area contributed by atoms with Gasteiger partial charge in [0.2, 0.25) is 5.91 Å². The molecule has 0 aromatic heterocycles. The highest BCUT2D eigenvalue weighted by Gasteiger charge is 2.27. The smallest absolute Gasteiger partial charge is 0.261 e. The van der Waals surface area contributed by atoms with Crippen LogP contribution in [0.25, 0.3) is 0 Å². The van der Waals surface area contributed by atoms with Crippen molar-refractivity contribution in [2.75, 3.05) is 13.7 Å². The molecule has 0 heterocycles. The lowest BCUT2D eigenvalue weighted by atomic mass is 10.1. The minimum atomic E-state index is -0.666. The molecule has 2 atom stereocenters. The Hall–Kier alpha value is -2.25. The molecule has 8 heteroatoms. The Bertz CT molecular complexity index is 892. The van der Waals surface area contributed by atoms with Gasteiger partial charge < -0.3 is 19.7 Å². The van der Waals surface area contributed by atoms with Crippen molar-refractivity contribution >= 4 is 39.3 Å². The summed E-state index contributed by atoms with van der Waals surface area (Å²) in [6.07, 6.45) is 0.804. The van der Waals surface area contributed by atoms with E-state index in [1.165, 1.54) is 4.90 Å². The molecule has 0 aliphatic rings. The molecule has 1 N–H and O–H groups in total. The SMILES string of the molecule is CC[C@@H](C)NC(=O)[C@H](C)N(Cc1ccc(OC)cc1)C(=O)COc1ccc(Cl)cc1Br. The third-order valence-corrected chi connectivity index (χ3v) is 5.78. The molecule has 6 nitrogen and oxygen atoms in total. The van der Waals surface area contributed by atoms with E-state index in [9.17, 15) is 9.59 Å². The van der Waals surface area contributed by atoms with Gasteiger partial charge in [-0.25, -0.2) is 0 Å². The summed E-state index contributed by atoms with van der Waals surface area (Å²) in [5.74, 6) is 0.715. The second-order valence-electron chi connectivity index (χ2n) is 7.23. The number of rotatable bonds is 10. The van der Waals surface area contributed by atoms with Crippen molar-refractivity contribution in [2.45, 2.75) is 45.8 Å². The number of carbonyl (C=O) groups excluding carboxylic acids is 2. The van der Waals surface area contributed by atoms with Crippen molar-refractivity contribution in [3.05, 3.63) is 57.5 Å². The molecule has 2 aromatic rings. The number of nitrogens with one attached hydrogen (secondary N) is 1. The van der Waals surface area contributed by atoms with Crippen molar-refractivity contribution in [3.63, 3.8) is 0 Å². The van der Waals surface area contributed by atoms with Crippen LogP contribution in [0.4, 0.5) is 0 Å². The summed E-state index contributed by atoms with van der Waals surface area (Å²) in [5, 5.41) is 3.50. The summed E-state index contributed by atoms with van der Waals surface area (Å²) >= 11 is 9.34. The zero-order valence-electron chi connectivity index (χ0n) is 18.2. The first-order valence-electron chi connectivity index (χ1n) is 10.1. The maximum Gasteiger partial charge on any atom is 0.261 e. The lowest BCUT2D eigenvalue weighted by molar-refractivity contribution is -0.142. The number of amides is 2. The Morgan fingerprint density at radius 2 is 1.84 bits per heavy atom. The fourth-order valence-electron chi connectivity index (χ4n) is 2.79. The highest BCUT2D eigenvalue weighted by molar-refractivity contribution is 9.10. The van der Waals surface area contributed by atoms with Gasteiger partial charge in [0, 0.05) is 17.6 Å². The maximum atomic E-state index is 13.1. The first-order chi connectivity index (χ1) is 14.7. The van der Waals surface area contributed by atoms with Crippen LogP contribution in [0.3, 0.4) is 0 Å². The van der Waals surface area contributed by atoms with Gasteiger partial charge >= 0.3 is 0 Å². The van der Waals surface area contributed by atoms with E-state index in [0.717, 1.165) is 17.7 Å². The fourth-order valence-corrected chi connectivity index (χ4v) is 3.59. The standard InChI is InChI=1S/C23H28BrClN2O4/c1-5-15(2)26-23(29)16(3)27(13-17-6-9-19(30-4)10-7-17)22(28)14-31-21-11-8-18(25)12-20(21)24/h6-12,15-16H,5,13-14H2,1-4H3,(H,26,29)/t15-,16+/m1/s1. The molecule has 0 spiro atoms. The van der Waals surface area contributed by atoms with E-state index in [-0.39, 0.29) is 31.0 Å². The highest BCUT2D eigenvalue weighted by atomic mass is 79.9. The zero-order valence-corrected chi connectivity index (χ0v) is 20.5. The molecule has 0 bridgehead atoms. The van der Waals surface area contributed by atoms with E-state index < -0.39 is 6.04 Å². The molecule has 2 amide bonds. The normalized spacial score (nSPS) is 12.6. The molecule has 0 saturated carbocycles. The zero-order chi connectivity index (χ0) is 23.0. The van der Waals surface area contributed by atoms with Gasteiger partial charge in [0.05, 0.1) is 11.6 Å². The van der Waals surface area contributed by atoms with E-state index in [4.69, 9.17) is 21.1 Å². The molecular weight excluding hydrogens is 484 g/mol. The van der Waals surface area contributed by atoms with Crippen molar-refractivity contribution in [2.24, 2.45) is 0 Å². The molecule has 0 radical (unpaired) electrons. The monoisotopic (exact) mass is 510 g/mol. The first-order valence-corrected chi connectivity index (χ1v) is 11.2. The minimum Gasteiger partial charge on any atom is -0.497 e. The minimum absolute atomic E-state index is 0.0224. The average Bonchev–Trinajstić information content (AvgIpc) is 2.76. The van der Waals surface area contributed by atoms with Gasteiger partial charge in [0.15, 0.2) is 6.61 Å². The summed E-state index contributed by atoms with van der Waals surface area (Å²) in [6.45, 7) is 5.70. The fraction of sp³-hybridized carbons (Fsp3) is 0.391. The number of ether oxygens (including phenoxy) is 2. The lowest BCUT2D eigenvalue weighted by Gasteiger charge is -2.29. The predicted octanol–water partition coefficient (Wildman–Crippen LogP) is 4.82. The van der Waals surface area contributed by atoms with Crippen LogP contribution in [0.2, 0.25) is 5.02 Å². The van der Waals surface area contributed by atoms with E-state index in [2.05, 4.69) is 21.2 Å². The van der Waals surface area contributed by atoms with Gasteiger partial charge in [-0.3, -0.25) is 9.59 Å². The molecule has 0 aliphatic heterocycles. The molecule has 0 fully saturated rings. The summed E-state index contributed by atoms with van der Waals surface area (Å²) < 4.78 is 11.5. The summed E-state index contributed by atoms with van der Waals surface area (Å²) in [6, 6.07) is 11.8. The van der Waals surface area contributed by atoms with Gasteiger partial charge in [-0.1, -0.05) is 30.7 Å². The third kappa shape index (κ3) is 7.43. The molecular formula is C23H28BrClN2O4.